The van der Waals surface area contributed by atoms with E-state index in [0.29, 0.717) is 0 Å². The van der Waals surface area contributed by atoms with Crippen LogP contribution in [-0.4, -0.2) is 17.4 Å². The third kappa shape index (κ3) is 9.37. The van der Waals surface area contributed by atoms with Gasteiger partial charge in [0.2, 0.25) is 0 Å². The van der Waals surface area contributed by atoms with Gasteiger partial charge in [-0.25, -0.2) is 4.98 Å². The molecule has 2 aromatic carbocycles. The quantitative estimate of drug-likeness (QED) is 0.300. The largest absolute Gasteiger partial charge is 3.00 e. The van der Waals surface area contributed by atoms with Crippen molar-refractivity contribution in [1.29, 1.82) is 0 Å². The number of aliphatic imine (C=N–C) groups is 2. The summed E-state index contributed by atoms with van der Waals surface area (Å²) in [6.07, 6.45) is 3.69. The van der Waals surface area contributed by atoms with Crippen LogP contribution in [0.15, 0.2) is 46.4 Å². The Bertz CT molecular complexity index is 1010. The van der Waals surface area contributed by atoms with Crippen molar-refractivity contribution in [1.82, 2.24) is 4.98 Å². The van der Waals surface area contributed by atoms with Crippen molar-refractivity contribution in [2.24, 2.45) is 9.98 Å². The van der Waals surface area contributed by atoms with Crippen molar-refractivity contribution < 1.29 is 78.1 Å². The molecular weight excluding hydrogens is 605 g/mol. The van der Waals surface area contributed by atoms with Gasteiger partial charge < -0.3 is 37.2 Å². The molecule has 0 bridgehead atoms. The molecule has 0 aliphatic heterocycles. The summed E-state index contributed by atoms with van der Waals surface area (Å²) in [4.78, 5) is 14.2. The van der Waals surface area contributed by atoms with Crippen LogP contribution in [0.2, 0.25) is 0 Å². The van der Waals surface area contributed by atoms with E-state index in [9.17, 15) is 0 Å². The van der Waals surface area contributed by atoms with Gasteiger partial charge in [0, 0.05) is 0 Å². The van der Waals surface area contributed by atoms with Crippen LogP contribution in [0.3, 0.4) is 0 Å². The van der Waals surface area contributed by atoms with Crippen molar-refractivity contribution in [3.8, 4) is 0 Å². The van der Waals surface area contributed by atoms with Gasteiger partial charge in [-0.15, -0.1) is 0 Å². The number of aromatic nitrogens is 1. The maximum Gasteiger partial charge on any atom is 3.00 e. The van der Waals surface area contributed by atoms with E-state index >= 15 is 0 Å². The number of rotatable bonds is 4. The Morgan fingerprint density at radius 2 is 0.788 bits per heavy atom. The fourth-order valence-electron chi connectivity index (χ4n) is 3.87. The molecule has 3 rings (SSSR count). The maximum absolute atomic E-state index is 4.72. The van der Waals surface area contributed by atoms with Crippen LogP contribution in [-0.2, 0) is 0 Å². The van der Waals surface area contributed by atoms with E-state index in [2.05, 4.69) is 72.7 Å². The SMILES string of the molecule is Cc1cc(C=Nc2c(C)cc(C)cc2C)nc(C=Nc2c(C)cc(C)cc2C)c1.[Cl-].[Cl-].[Cl-].[Nd+3]. The van der Waals surface area contributed by atoms with Gasteiger partial charge in [0.25, 0.3) is 0 Å². The molecule has 0 saturated carbocycles. The molecule has 0 N–H and O–H groups in total. The summed E-state index contributed by atoms with van der Waals surface area (Å²) < 4.78 is 0. The van der Waals surface area contributed by atoms with Gasteiger partial charge in [0.1, 0.15) is 0 Å². The minimum Gasteiger partial charge on any atom is -1.00 e. The Labute approximate surface area is 249 Å². The molecule has 0 amide bonds. The van der Waals surface area contributed by atoms with Crippen molar-refractivity contribution in [2.45, 2.75) is 48.5 Å². The summed E-state index contributed by atoms with van der Waals surface area (Å²) >= 11 is 0. The van der Waals surface area contributed by atoms with Crippen molar-refractivity contribution in [2.75, 3.05) is 0 Å². The van der Waals surface area contributed by atoms with Crippen LogP contribution in [0.4, 0.5) is 11.4 Å². The molecule has 0 unspecified atom stereocenters. The fraction of sp³-hybridized carbons (Fsp3) is 0.269. The smallest absolute Gasteiger partial charge is 1.00 e. The fourth-order valence-corrected chi connectivity index (χ4v) is 3.87. The maximum atomic E-state index is 4.72. The molecule has 0 atom stereocenters. The van der Waals surface area contributed by atoms with E-state index < -0.39 is 0 Å². The van der Waals surface area contributed by atoms with Gasteiger partial charge in [0.05, 0.1) is 35.2 Å². The van der Waals surface area contributed by atoms with Gasteiger partial charge in [-0.3, -0.25) is 9.98 Å². The summed E-state index contributed by atoms with van der Waals surface area (Å²) in [6.45, 7) is 14.7. The van der Waals surface area contributed by atoms with Gasteiger partial charge in [-0.1, -0.05) is 35.4 Å². The van der Waals surface area contributed by atoms with Crippen LogP contribution in [0, 0.1) is 89.3 Å². The minimum absolute atomic E-state index is 0. The summed E-state index contributed by atoms with van der Waals surface area (Å²) in [5.41, 5.74) is 12.1. The van der Waals surface area contributed by atoms with Crippen molar-refractivity contribution >= 4 is 23.8 Å². The third-order valence-electron chi connectivity index (χ3n) is 4.93. The summed E-state index contributed by atoms with van der Waals surface area (Å²) in [7, 11) is 0. The zero-order valence-corrected chi connectivity index (χ0v) is 25.6. The number of pyridine rings is 1. The Hall–Kier alpha value is -0.849. The average molecular weight is 634 g/mol. The topological polar surface area (TPSA) is 37.6 Å². The molecule has 33 heavy (non-hydrogen) atoms. The van der Waals surface area contributed by atoms with Crippen LogP contribution < -0.4 is 37.2 Å². The molecule has 3 nitrogen and oxygen atoms in total. The Balaban J connectivity index is 0. The first kappa shape index (κ1) is 34.3. The summed E-state index contributed by atoms with van der Waals surface area (Å²) in [5, 5.41) is 0. The predicted molar refractivity (Wildman–Crippen MR) is 125 cm³/mol. The monoisotopic (exact) mass is 630 g/mol. The number of hydrogen-bond acceptors (Lipinski definition) is 3. The Morgan fingerprint density at radius 3 is 1.09 bits per heavy atom. The first-order chi connectivity index (χ1) is 13.7. The third-order valence-corrected chi connectivity index (χ3v) is 4.93. The predicted octanol–water partition coefficient (Wildman–Crippen LogP) is -2.25. The molecule has 7 heteroatoms. The van der Waals surface area contributed by atoms with Crippen molar-refractivity contribution in [3.05, 3.63) is 86.7 Å². The number of benzene rings is 2. The van der Waals surface area contributed by atoms with Gasteiger partial charge >= 0.3 is 40.8 Å². The van der Waals surface area contributed by atoms with Gasteiger partial charge in [-0.2, -0.15) is 0 Å². The molecule has 3 aromatic rings. The second-order valence-electron chi connectivity index (χ2n) is 8.01. The van der Waals surface area contributed by atoms with Crippen LogP contribution >= 0.6 is 0 Å². The summed E-state index contributed by atoms with van der Waals surface area (Å²) in [6, 6.07) is 12.7. The summed E-state index contributed by atoms with van der Waals surface area (Å²) in [5.74, 6) is 0. The molecule has 0 spiro atoms. The molecule has 0 aliphatic rings. The molecule has 0 saturated heterocycles. The van der Waals surface area contributed by atoms with Crippen molar-refractivity contribution in [3.63, 3.8) is 0 Å². The van der Waals surface area contributed by atoms with Crippen LogP contribution in [0.5, 0.6) is 0 Å². The molecule has 0 fully saturated rings. The molecule has 1 radical (unpaired) electrons. The van der Waals surface area contributed by atoms with E-state index in [1.54, 1.807) is 0 Å². The molecule has 173 valence electrons. The zero-order chi connectivity index (χ0) is 21.1. The number of hydrogen-bond donors (Lipinski definition) is 0. The van der Waals surface area contributed by atoms with Crippen LogP contribution in [0.25, 0.3) is 0 Å². The second kappa shape index (κ2) is 15.2. The van der Waals surface area contributed by atoms with E-state index in [1.807, 2.05) is 24.6 Å². The Kier molecular flexibility index (Phi) is 15.8. The van der Waals surface area contributed by atoms with E-state index in [-0.39, 0.29) is 78.1 Å². The van der Waals surface area contributed by atoms with Crippen LogP contribution in [0.1, 0.15) is 50.3 Å². The van der Waals surface area contributed by atoms with E-state index in [1.165, 1.54) is 33.4 Å². The zero-order valence-electron chi connectivity index (χ0n) is 20.1. The average Bonchev–Trinajstić information content (AvgIpc) is 2.59. The molecule has 1 heterocycles. The molecular formula is C26H29Cl3N3Nd. The first-order valence-electron chi connectivity index (χ1n) is 9.95. The number of nitrogens with zero attached hydrogens (tertiary/aromatic N) is 3. The number of halogens is 3. The minimum atomic E-state index is 0. The molecule has 0 aliphatic carbocycles. The second-order valence-corrected chi connectivity index (χ2v) is 8.01. The molecule has 1 aromatic heterocycles. The number of aryl methyl sites for hydroxylation is 7. The van der Waals surface area contributed by atoms with E-state index in [0.717, 1.165) is 28.3 Å². The standard InChI is InChI=1S/C26H29N3.3ClH.Nd/c1-16-8-19(4)25(20(5)9-16)27-14-23-12-18(3)13-24(29-23)15-28-26-21(6)10-17(2)11-22(26)7;;;;/h8-15H,1-7H3;3*1H;/q;;;;+3/p-3. The first-order valence-corrected chi connectivity index (χ1v) is 9.95. The van der Waals surface area contributed by atoms with Gasteiger partial charge in [0.15, 0.2) is 0 Å². The normalized spacial score (nSPS) is 10.3. The van der Waals surface area contributed by atoms with Gasteiger partial charge in [-0.05, 0) is 88.4 Å². The van der Waals surface area contributed by atoms with E-state index in [4.69, 9.17) is 15.0 Å². The Morgan fingerprint density at radius 1 is 0.515 bits per heavy atom.